The van der Waals surface area contributed by atoms with Crippen LogP contribution in [0.4, 0.5) is 5.69 Å². The highest BCUT2D eigenvalue weighted by atomic mass is 16.7. The molecule has 4 N–H and O–H groups in total. The van der Waals surface area contributed by atoms with Crippen molar-refractivity contribution >= 4 is 5.69 Å². The van der Waals surface area contributed by atoms with E-state index in [1.807, 2.05) is 13.8 Å². The van der Waals surface area contributed by atoms with Crippen molar-refractivity contribution in [3.05, 3.63) is 24.0 Å². The Kier molecular flexibility index (Phi) is 5.90. The lowest BCUT2D eigenvalue weighted by Crippen LogP contribution is -2.40. The minimum atomic E-state index is -0.399. The van der Waals surface area contributed by atoms with Gasteiger partial charge in [0.05, 0.1) is 6.04 Å². The zero-order valence-corrected chi connectivity index (χ0v) is 10.4. The molecule has 1 rings (SSSR count). The molecule has 1 aromatic heterocycles. The fraction of sp³-hybridized carbons (Fsp3) is 0.583. The van der Waals surface area contributed by atoms with Gasteiger partial charge < -0.3 is 20.9 Å². The monoisotopic (exact) mass is 239 g/mol. The number of anilines is 1. The lowest BCUT2D eigenvalue weighted by molar-refractivity contribution is -0.147. The second kappa shape index (κ2) is 7.21. The molecule has 5 heteroatoms. The van der Waals surface area contributed by atoms with Crippen molar-refractivity contribution in [2.75, 3.05) is 18.9 Å². The third-order valence-electron chi connectivity index (χ3n) is 2.41. The van der Waals surface area contributed by atoms with Gasteiger partial charge in [0.15, 0.2) is 6.29 Å². The summed E-state index contributed by atoms with van der Waals surface area (Å²) in [5.74, 6) is 0. The molecule has 96 valence electrons. The van der Waals surface area contributed by atoms with Gasteiger partial charge in [0.2, 0.25) is 0 Å². The largest absolute Gasteiger partial charge is 0.398 e. The summed E-state index contributed by atoms with van der Waals surface area (Å²) >= 11 is 0. The summed E-state index contributed by atoms with van der Waals surface area (Å²) in [6, 6.07) is 1.51. The van der Waals surface area contributed by atoms with Crippen molar-refractivity contribution < 1.29 is 9.47 Å². The maximum atomic E-state index is 6.06. The third kappa shape index (κ3) is 4.30. The van der Waals surface area contributed by atoms with Crippen LogP contribution in [-0.4, -0.2) is 30.5 Å². The van der Waals surface area contributed by atoms with E-state index >= 15 is 0 Å². The van der Waals surface area contributed by atoms with E-state index in [0.29, 0.717) is 25.3 Å². The number of pyridine rings is 1. The van der Waals surface area contributed by atoms with Crippen molar-refractivity contribution in [2.45, 2.75) is 32.6 Å². The van der Waals surface area contributed by atoms with Crippen LogP contribution in [0, 0.1) is 0 Å². The second-order valence-corrected chi connectivity index (χ2v) is 3.72. The molecule has 5 nitrogen and oxygen atoms in total. The highest BCUT2D eigenvalue weighted by Gasteiger charge is 2.19. The summed E-state index contributed by atoms with van der Waals surface area (Å²) in [5, 5.41) is 0. The van der Waals surface area contributed by atoms with E-state index in [1.54, 1.807) is 18.5 Å². The molecule has 0 fully saturated rings. The van der Waals surface area contributed by atoms with Crippen LogP contribution < -0.4 is 11.5 Å². The first-order valence-corrected chi connectivity index (χ1v) is 5.86. The van der Waals surface area contributed by atoms with Gasteiger partial charge in [0, 0.05) is 31.3 Å². The number of nitrogen functional groups attached to an aromatic ring is 1. The molecular weight excluding hydrogens is 218 g/mol. The number of ether oxygens (including phenoxy) is 2. The Labute approximate surface area is 102 Å². The fourth-order valence-corrected chi connectivity index (χ4v) is 1.58. The zero-order chi connectivity index (χ0) is 12.7. The predicted octanol–water partition coefficient (Wildman–Crippen LogP) is 0.933. The van der Waals surface area contributed by atoms with E-state index in [4.69, 9.17) is 20.9 Å². The number of aromatic nitrogens is 1. The number of hydrogen-bond acceptors (Lipinski definition) is 5. The summed E-state index contributed by atoms with van der Waals surface area (Å²) in [5.41, 5.74) is 13.5. The molecule has 0 aliphatic rings. The van der Waals surface area contributed by atoms with Crippen LogP contribution in [0.2, 0.25) is 0 Å². The molecule has 0 saturated carbocycles. The van der Waals surface area contributed by atoms with Gasteiger partial charge in [0.1, 0.15) is 0 Å². The minimum Gasteiger partial charge on any atom is -0.398 e. The van der Waals surface area contributed by atoms with Crippen LogP contribution in [0.15, 0.2) is 18.5 Å². The van der Waals surface area contributed by atoms with E-state index < -0.39 is 6.29 Å². The average molecular weight is 239 g/mol. The molecule has 17 heavy (non-hydrogen) atoms. The Hall–Kier alpha value is -1.17. The van der Waals surface area contributed by atoms with E-state index in [2.05, 4.69) is 4.98 Å². The average Bonchev–Trinajstić information content (AvgIpc) is 2.32. The maximum Gasteiger partial charge on any atom is 0.172 e. The fourth-order valence-electron chi connectivity index (χ4n) is 1.58. The highest BCUT2D eigenvalue weighted by Crippen LogP contribution is 2.13. The first-order chi connectivity index (χ1) is 8.19. The normalized spacial score (nSPS) is 12.9. The van der Waals surface area contributed by atoms with Gasteiger partial charge in [-0.25, -0.2) is 0 Å². The molecule has 0 aliphatic heterocycles. The van der Waals surface area contributed by atoms with Crippen LogP contribution in [0.25, 0.3) is 0 Å². The molecule has 1 heterocycles. The van der Waals surface area contributed by atoms with E-state index in [0.717, 1.165) is 5.56 Å². The molecule has 0 aliphatic carbocycles. The number of nitrogens with two attached hydrogens (primary N) is 2. The Balaban J connectivity index is 2.62. The molecule has 0 bridgehead atoms. The molecule has 1 unspecified atom stereocenters. The van der Waals surface area contributed by atoms with Crippen molar-refractivity contribution in [3.63, 3.8) is 0 Å². The van der Waals surface area contributed by atoms with Gasteiger partial charge in [-0.3, -0.25) is 4.98 Å². The third-order valence-corrected chi connectivity index (χ3v) is 2.41. The maximum absolute atomic E-state index is 6.06. The molecule has 0 aromatic carbocycles. The Bertz CT molecular complexity index is 327. The van der Waals surface area contributed by atoms with Gasteiger partial charge in [0.25, 0.3) is 0 Å². The lowest BCUT2D eigenvalue weighted by Gasteiger charge is -2.23. The van der Waals surface area contributed by atoms with Crippen LogP contribution in [0.3, 0.4) is 0 Å². The molecule has 0 saturated heterocycles. The topological polar surface area (TPSA) is 83.4 Å². The van der Waals surface area contributed by atoms with Crippen LogP contribution in [-0.2, 0) is 15.9 Å². The molecule has 0 amide bonds. The Morgan fingerprint density at radius 1 is 1.29 bits per heavy atom. The van der Waals surface area contributed by atoms with Crippen LogP contribution >= 0.6 is 0 Å². The standard InChI is InChI=1S/C12H21N3O2/c1-3-16-12(17-4-2)11(14)7-9-8-15-6-5-10(9)13/h5-6,8,11-12H,3-4,7,14H2,1-2H3,(H2,13,15). The van der Waals surface area contributed by atoms with Gasteiger partial charge >= 0.3 is 0 Å². The van der Waals surface area contributed by atoms with Crippen molar-refractivity contribution in [2.24, 2.45) is 5.73 Å². The predicted molar refractivity (Wildman–Crippen MR) is 67.4 cm³/mol. The van der Waals surface area contributed by atoms with E-state index in [9.17, 15) is 0 Å². The summed E-state index contributed by atoms with van der Waals surface area (Å²) < 4.78 is 10.9. The number of nitrogens with zero attached hydrogens (tertiary/aromatic N) is 1. The van der Waals surface area contributed by atoms with Crippen molar-refractivity contribution in [3.8, 4) is 0 Å². The van der Waals surface area contributed by atoms with Crippen LogP contribution in [0.5, 0.6) is 0 Å². The van der Waals surface area contributed by atoms with Crippen LogP contribution in [0.1, 0.15) is 19.4 Å². The smallest absolute Gasteiger partial charge is 0.172 e. The first kappa shape index (κ1) is 13.9. The minimum absolute atomic E-state index is 0.249. The summed E-state index contributed by atoms with van der Waals surface area (Å²) in [6.07, 6.45) is 3.58. The summed E-state index contributed by atoms with van der Waals surface area (Å²) in [7, 11) is 0. The Morgan fingerprint density at radius 2 is 1.94 bits per heavy atom. The molecule has 1 aromatic rings. The van der Waals surface area contributed by atoms with Gasteiger partial charge in [-0.2, -0.15) is 0 Å². The number of hydrogen-bond donors (Lipinski definition) is 2. The van der Waals surface area contributed by atoms with E-state index in [1.165, 1.54) is 0 Å². The summed E-state index contributed by atoms with van der Waals surface area (Å²) in [6.45, 7) is 4.97. The molecule has 1 atom stereocenters. The van der Waals surface area contributed by atoms with Crippen molar-refractivity contribution in [1.82, 2.24) is 4.98 Å². The molecule has 0 radical (unpaired) electrons. The molecular formula is C12H21N3O2. The first-order valence-electron chi connectivity index (χ1n) is 5.86. The molecule has 0 spiro atoms. The van der Waals surface area contributed by atoms with Gasteiger partial charge in [-0.1, -0.05) is 0 Å². The summed E-state index contributed by atoms with van der Waals surface area (Å²) in [4.78, 5) is 4.03. The quantitative estimate of drug-likeness (QED) is 0.692. The van der Waals surface area contributed by atoms with Gasteiger partial charge in [-0.15, -0.1) is 0 Å². The second-order valence-electron chi connectivity index (χ2n) is 3.72. The Morgan fingerprint density at radius 3 is 2.47 bits per heavy atom. The number of rotatable bonds is 7. The van der Waals surface area contributed by atoms with Gasteiger partial charge in [-0.05, 0) is 31.9 Å². The SMILES string of the molecule is CCOC(OCC)C(N)Cc1cnccc1N. The lowest BCUT2D eigenvalue weighted by atomic mass is 10.1. The highest BCUT2D eigenvalue weighted by molar-refractivity contribution is 5.44. The zero-order valence-electron chi connectivity index (χ0n) is 10.4. The van der Waals surface area contributed by atoms with E-state index in [-0.39, 0.29) is 6.04 Å². The van der Waals surface area contributed by atoms with Crippen molar-refractivity contribution in [1.29, 1.82) is 0 Å².